The zero-order valence-electron chi connectivity index (χ0n) is 14.7. The highest BCUT2D eigenvalue weighted by Gasteiger charge is 2.22. The Hall–Kier alpha value is -2.83. The van der Waals surface area contributed by atoms with Crippen LogP contribution in [0.5, 0.6) is 5.75 Å². The molecule has 7 nitrogen and oxygen atoms in total. The van der Waals surface area contributed by atoms with Crippen molar-refractivity contribution in [2.24, 2.45) is 0 Å². The molecule has 0 aliphatic heterocycles. The second-order valence-electron chi connectivity index (χ2n) is 6.77. The van der Waals surface area contributed by atoms with E-state index in [0.29, 0.717) is 11.5 Å². The zero-order chi connectivity index (χ0) is 18.6. The van der Waals surface area contributed by atoms with Crippen molar-refractivity contribution in [1.29, 1.82) is 0 Å². The molecule has 0 radical (unpaired) electrons. The Morgan fingerprint density at radius 1 is 1.28 bits per heavy atom. The third-order valence-electron chi connectivity index (χ3n) is 3.57. The van der Waals surface area contributed by atoms with Crippen molar-refractivity contribution in [2.45, 2.75) is 39.2 Å². The van der Waals surface area contributed by atoms with Gasteiger partial charge in [0.15, 0.2) is 12.3 Å². The maximum Gasteiger partial charge on any atom is 0.341 e. The lowest BCUT2D eigenvalue weighted by atomic mass is 9.93. The van der Waals surface area contributed by atoms with E-state index in [4.69, 9.17) is 14.4 Å². The molecule has 7 heteroatoms. The number of carbonyl (C=O) groups excluding carboxylic acids is 1. The Labute approximate surface area is 146 Å². The van der Waals surface area contributed by atoms with Gasteiger partial charge in [0.05, 0.1) is 6.04 Å². The van der Waals surface area contributed by atoms with Gasteiger partial charge in [-0.3, -0.25) is 4.79 Å². The fraction of sp³-hybridized carbons (Fsp3) is 0.389. The molecule has 1 atom stereocenters. The fourth-order valence-electron chi connectivity index (χ4n) is 2.09. The Kier molecular flexibility index (Phi) is 5.46. The lowest BCUT2D eigenvalue weighted by molar-refractivity contribution is -0.139. The summed E-state index contributed by atoms with van der Waals surface area (Å²) >= 11 is 0. The molecule has 2 rings (SSSR count). The third kappa shape index (κ3) is 5.07. The van der Waals surface area contributed by atoms with Gasteiger partial charge in [0.1, 0.15) is 11.5 Å². The number of hydrogen-bond donors (Lipinski definition) is 2. The van der Waals surface area contributed by atoms with E-state index >= 15 is 0 Å². The Morgan fingerprint density at radius 3 is 2.44 bits per heavy atom. The van der Waals surface area contributed by atoms with Crippen LogP contribution in [-0.2, 0) is 10.2 Å². The summed E-state index contributed by atoms with van der Waals surface area (Å²) in [4.78, 5) is 22.8. The van der Waals surface area contributed by atoms with Crippen molar-refractivity contribution < 1.29 is 24.0 Å². The van der Waals surface area contributed by atoms with Gasteiger partial charge in [-0.05, 0) is 24.6 Å². The highest BCUT2D eigenvalue weighted by atomic mass is 16.5. The smallest absolute Gasteiger partial charge is 0.341 e. The summed E-state index contributed by atoms with van der Waals surface area (Å²) in [6.45, 7) is 7.38. The average Bonchev–Trinajstić information content (AvgIpc) is 3.03. The van der Waals surface area contributed by atoms with Crippen LogP contribution in [0.2, 0.25) is 0 Å². The van der Waals surface area contributed by atoms with E-state index in [1.165, 1.54) is 0 Å². The van der Waals surface area contributed by atoms with Crippen LogP contribution >= 0.6 is 0 Å². The van der Waals surface area contributed by atoms with Gasteiger partial charge in [-0.15, -0.1) is 0 Å². The van der Waals surface area contributed by atoms with Gasteiger partial charge in [0.2, 0.25) is 0 Å². The second kappa shape index (κ2) is 7.38. The van der Waals surface area contributed by atoms with Gasteiger partial charge in [0.25, 0.3) is 5.91 Å². The lowest BCUT2D eigenvalue weighted by Crippen LogP contribution is -2.26. The number of hydrogen-bond acceptors (Lipinski definition) is 5. The third-order valence-corrected chi connectivity index (χ3v) is 3.57. The molecule has 0 spiro atoms. The van der Waals surface area contributed by atoms with Crippen molar-refractivity contribution in [3.63, 3.8) is 0 Å². The molecule has 25 heavy (non-hydrogen) atoms. The summed E-state index contributed by atoms with van der Waals surface area (Å²) in [7, 11) is 0. The minimum atomic E-state index is -1.04. The molecule has 134 valence electrons. The molecule has 0 saturated carbocycles. The van der Waals surface area contributed by atoms with Gasteiger partial charge in [-0.25, -0.2) is 4.79 Å². The maximum absolute atomic E-state index is 12.3. The van der Waals surface area contributed by atoms with Crippen molar-refractivity contribution in [3.8, 4) is 5.75 Å². The van der Waals surface area contributed by atoms with Gasteiger partial charge in [-0.1, -0.05) is 38.1 Å². The van der Waals surface area contributed by atoms with E-state index in [1.807, 2.05) is 27.7 Å². The molecule has 1 heterocycles. The number of aliphatic carboxylic acids is 1. The van der Waals surface area contributed by atoms with E-state index in [0.717, 1.165) is 5.56 Å². The van der Waals surface area contributed by atoms with Crippen LogP contribution in [0, 0.1) is 0 Å². The molecule has 2 aromatic rings. The van der Waals surface area contributed by atoms with E-state index in [9.17, 15) is 9.59 Å². The first-order valence-corrected chi connectivity index (χ1v) is 7.89. The van der Waals surface area contributed by atoms with Crippen molar-refractivity contribution >= 4 is 11.9 Å². The molecule has 1 aromatic heterocycles. The molecule has 0 aliphatic rings. The highest BCUT2D eigenvalue weighted by Crippen LogP contribution is 2.23. The van der Waals surface area contributed by atoms with Crippen LogP contribution in [0.4, 0.5) is 0 Å². The zero-order valence-corrected chi connectivity index (χ0v) is 14.7. The number of carbonyl (C=O) groups is 2. The molecular formula is C18H22N2O5. The normalized spacial score (nSPS) is 12.5. The molecular weight excluding hydrogens is 324 g/mol. The Balaban J connectivity index is 1.99. The number of benzene rings is 1. The first-order chi connectivity index (χ1) is 11.7. The topological polar surface area (TPSA) is 102 Å². The average molecular weight is 346 g/mol. The minimum absolute atomic E-state index is 0.219. The predicted molar refractivity (Wildman–Crippen MR) is 90.7 cm³/mol. The Morgan fingerprint density at radius 2 is 1.92 bits per heavy atom. The summed E-state index contributed by atoms with van der Waals surface area (Å²) in [6.07, 6.45) is 0. The summed E-state index contributed by atoms with van der Waals surface area (Å²) in [5.74, 6) is -0.258. The fourth-order valence-corrected chi connectivity index (χ4v) is 2.09. The molecule has 1 amide bonds. The van der Waals surface area contributed by atoms with E-state index in [1.54, 1.807) is 30.3 Å². The number of nitrogens with one attached hydrogen (secondary N) is 1. The number of amides is 1. The summed E-state index contributed by atoms with van der Waals surface area (Å²) in [5, 5.41) is 15.3. The number of carboxylic acids is 1. The molecule has 1 aromatic carbocycles. The monoisotopic (exact) mass is 346 g/mol. The Bertz CT molecular complexity index is 744. The van der Waals surface area contributed by atoms with Gasteiger partial charge in [0, 0.05) is 11.5 Å². The molecule has 0 bridgehead atoms. The summed E-state index contributed by atoms with van der Waals surface area (Å²) in [5.41, 5.74) is 0.872. The highest BCUT2D eigenvalue weighted by molar-refractivity contribution is 5.92. The SMILES string of the molecule is CC(NC(=O)c1cc(C(C)(C)C)on1)c1ccc(OCC(=O)O)cc1. The first kappa shape index (κ1) is 18.5. The molecule has 2 N–H and O–H groups in total. The van der Waals surface area contributed by atoms with Crippen LogP contribution in [0.15, 0.2) is 34.9 Å². The predicted octanol–water partition coefficient (Wildman–Crippen LogP) is 2.93. The van der Waals surface area contributed by atoms with Crippen LogP contribution < -0.4 is 10.1 Å². The first-order valence-electron chi connectivity index (χ1n) is 7.89. The van der Waals surface area contributed by atoms with Crippen molar-refractivity contribution in [3.05, 3.63) is 47.3 Å². The number of nitrogens with zero attached hydrogens (tertiary/aromatic N) is 1. The van der Waals surface area contributed by atoms with Crippen LogP contribution in [-0.4, -0.2) is 28.7 Å². The van der Waals surface area contributed by atoms with E-state index < -0.39 is 12.6 Å². The lowest BCUT2D eigenvalue weighted by Gasteiger charge is -2.14. The maximum atomic E-state index is 12.3. The van der Waals surface area contributed by atoms with Gasteiger partial charge < -0.3 is 19.7 Å². The van der Waals surface area contributed by atoms with E-state index in [-0.39, 0.29) is 23.1 Å². The van der Waals surface area contributed by atoms with E-state index in [2.05, 4.69) is 10.5 Å². The second-order valence-corrected chi connectivity index (χ2v) is 6.77. The van der Waals surface area contributed by atoms with Crippen LogP contribution in [0.25, 0.3) is 0 Å². The van der Waals surface area contributed by atoms with Gasteiger partial charge >= 0.3 is 5.97 Å². The van der Waals surface area contributed by atoms with Crippen molar-refractivity contribution in [1.82, 2.24) is 10.5 Å². The molecule has 0 fully saturated rings. The quantitative estimate of drug-likeness (QED) is 0.834. The number of carboxylic acid groups (broad SMARTS) is 1. The van der Waals surface area contributed by atoms with Crippen LogP contribution in [0.1, 0.15) is 55.5 Å². The molecule has 0 saturated heterocycles. The molecule has 0 aliphatic carbocycles. The summed E-state index contributed by atoms with van der Waals surface area (Å²) in [6, 6.07) is 8.25. The van der Waals surface area contributed by atoms with Crippen LogP contribution in [0.3, 0.4) is 0 Å². The number of ether oxygens (including phenoxy) is 1. The summed E-state index contributed by atoms with van der Waals surface area (Å²) < 4.78 is 10.3. The van der Waals surface area contributed by atoms with Gasteiger partial charge in [-0.2, -0.15) is 0 Å². The van der Waals surface area contributed by atoms with Crippen molar-refractivity contribution in [2.75, 3.05) is 6.61 Å². The number of rotatable bonds is 6. The molecule has 1 unspecified atom stereocenters. The largest absolute Gasteiger partial charge is 0.482 e. The standard InChI is InChI=1S/C18H22N2O5/c1-11(12-5-7-13(8-6-12)24-10-16(21)22)19-17(23)14-9-15(25-20-14)18(2,3)4/h5-9,11H,10H2,1-4H3,(H,19,23)(H,21,22). The number of aromatic nitrogens is 1. The minimum Gasteiger partial charge on any atom is -0.482 e.